The summed E-state index contributed by atoms with van der Waals surface area (Å²) in [4.78, 5) is 14.4. The van der Waals surface area contributed by atoms with E-state index < -0.39 is 0 Å². The number of nitrogens with one attached hydrogen (secondary N) is 1. The Balaban J connectivity index is 1.95. The monoisotopic (exact) mass is 226 g/mol. The Bertz CT molecular complexity index is 239. The molecule has 2 rings (SSSR count). The van der Waals surface area contributed by atoms with Gasteiger partial charge in [0, 0.05) is 19.1 Å². The minimum Gasteiger partial charge on any atom is -0.378 e. The molecular weight excluding hydrogens is 204 g/mol. The van der Waals surface area contributed by atoms with Gasteiger partial charge in [-0.1, -0.05) is 6.92 Å². The van der Waals surface area contributed by atoms with Crippen molar-refractivity contribution in [1.29, 1.82) is 0 Å². The fourth-order valence-corrected chi connectivity index (χ4v) is 2.64. The molecule has 0 aromatic rings. The zero-order chi connectivity index (χ0) is 11.4. The van der Waals surface area contributed by atoms with E-state index in [4.69, 9.17) is 4.74 Å². The van der Waals surface area contributed by atoms with E-state index in [0.29, 0.717) is 12.6 Å². The molecule has 2 aliphatic rings. The Hall–Kier alpha value is -0.610. The number of ether oxygens (including phenoxy) is 1. The van der Waals surface area contributed by atoms with Gasteiger partial charge in [0.1, 0.15) is 6.04 Å². The van der Waals surface area contributed by atoms with E-state index in [9.17, 15) is 4.79 Å². The molecule has 0 radical (unpaired) electrons. The highest BCUT2D eigenvalue weighted by molar-refractivity contribution is 5.82. The fourth-order valence-electron chi connectivity index (χ4n) is 2.64. The first kappa shape index (κ1) is 11.9. The number of nitrogens with zero attached hydrogens (tertiary/aromatic N) is 1. The van der Waals surface area contributed by atoms with E-state index in [0.717, 1.165) is 39.0 Å². The summed E-state index contributed by atoms with van der Waals surface area (Å²) >= 11 is 0. The second kappa shape index (κ2) is 5.64. The summed E-state index contributed by atoms with van der Waals surface area (Å²) in [5.41, 5.74) is 0. The zero-order valence-corrected chi connectivity index (χ0v) is 10.1. The van der Waals surface area contributed by atoms with Crippen LogP contribution in [-0.2, 0) is 9.53 Å². The van der Waals surface area contributed by atoms with Gasteiger partial charge in [-0.05, 0) is 25.7 Å². The molecule has 92 valence electrons. The summed E-state index contributed by atoms with van der Waals surface area (Å²) in [7, 11) is 0. The number of carbonyl (C=O) groups excluding carboxylic acids is 1. The second-order valence-corrected chi connectivity index (χ2v) is 4.67. The van der Waals surface area contributed by atoms with E-state index >= 15 is 0 Å². The number of amides is 1. The van der Waals surface area contributed by atoms with Crippen LogP contribution >= 0.6 is 0 Å². The van der Waals surface area contributed by atoms with Gasteiger partial charge in [0.15, 0.2) is 0 Å². The zero-order valence-electron chi connectivity index (χ0n) is 10.1. The molecule has 0 aromatic heterocycles. The van der Waals surface area contributed by atoms with Gasteiger partial charge in [-0.15, -0.1) is 0 Å². The molecule has 0 bridgehead atoms. The highest BCUT2D eigenvalue weighted by atomic mass is 16.5. The van der Waals surface area contributed by atoms with Crippen LogP contribution in [0.3, 0.4) is 0 Å². The van der Waals surface area contributed by atoms with E-state index in [1.54, 1.807) is 0 Å². The van der Waals surface area contributed by atoms with Crippen LogP contribution in [0.2, 0.25) is 0 Å². The average Bonchev–Trinajstić information content (AvgIpc) is 2.39. The quantitative estimate of drug-likeness (QED) is 0.756. The summed E-state index contributed by atoms with van der Waals surface area (Å²) in [6.07, 6.45) is 4.64. The van der Waals surface area contributed by atoms with Crippen LogP contribution in [0.25, 0.3) is 0 Å². The van der Waals surface area contributed by atoms with E-state index in [-0.39, 0.29) is 11.9 Å². The molecule has 1 amide bonds. The molecule has 2 heterocycles. The van der Waals surface area contributed by atoms with Crippen LogP contribution in [0.1, 0.15) is 32.6 Å². The second-order valence-electron chi connectivity index (χ2n) is 4.67. The molecule has 4 heteroatoms. The maximum atomic E-state index is 12.3. The molecule has 2 saturated heterocycles. The fraction of sp³-hybridized carbons (Fsp3) is 0.917. The molecule has 0 saturated carbocycles. The van der Waals surface area contributed by atoms with Gasteiger partial charge in [-0.2, -0.15) is 0 Å². The molecule has 2 aliphatic heterocycles. The first-order chi connectivity index (χ1) is 7.83. The van der Waals surface area contributed by atoms with Crippen molar-refractivity contribution in [1.82, 2.24) is 10.2 Å². The summed E-state index contributed by atoms with van der Waals surface area (Å²) in [5, 5.41) is 3.24. The maximum absolute atomic E-state index is 12.3. The standard InChI is InChI=1S/C12H22N2O2/c1-2-10-5-3-4-7-14(10)12(15)11-9-16-8-6-13-11/h10-11,13H,2-9H2,1H3. The summed E-state index contributed by atoms with van der Waals surface area (Å²) in [6.45, 7) is 5.14. The largest absolute Gasteiger partial charge is 0.378 e. The third kappa shape index (κ3) is 2.55. The van der Waals surface area contributed by atoms with Crippen LogP contribution in [0.5, 0.6) is 0 Å². The Kier molecular flexibility index (Phi) is 4.18. The van der Waals surface area contributed by atoms with Crippen LogP contribution in [-0.4, -0.2) is 49.2 Å². The molecule has 2 fully saturated rings. The van der Waals surface area contributed by atoms with Crippen molar-refractivity contribution in [3.05, 3.63) is 0 Å². The third-order valence-corrected chi connectivity index (χ3v) is 3.60. The van der Waals surface area contributed by atoms with Crippen LogP contribution in [0, 0.1) is 0 Å². The van der Waals surface area contributed by atoms with Crippen LogP contribution in [0.4, 0.5) is 0 Å². The van der Waals surface area contributed by atoms with Crippen molar-refractivity contribution in [2.45, 2.75) is 44.7 Å². The van der Waals surface area contributed by atoms with Gasteiger partial charge in [-0.3, -0.25) is 4.79 Å². The number of hydrogen-bond acceptors (Lipinski definition) is 3. The molecule has 0 aliphatic carbocycles. The minimum atomic E-state index is -0.110. The minimum absolute atomic E-state index is 0.110. The van der Waals surface area contributed by atoms with Crippen LogP contribution < -0.4 is 5.32 Å². The van der Waals surface area contributed by atoms with Crippen molar-refractivity contribution in [3.63, 3.8) is 0 Å². The highest BCUT2D eigenvalue weighted by Gasteiger charge is 2.31. The van der Waals surface area contributed by atoms with Gasteiger partial charge in [0.05, 0.1) is 13.2 Å². The molecule has 2 atom stereocenters. The average molecular weight is 226 g/mol. The molecular formula is C12H22N2O2. The van der Waals surface area contributed by atoms with Crippen molar-refractivity contribution in [2.75, 3.05) is 26.3 Å². The number of piperidine rings is 1. The Morgan fingerprint density at radius 2 is 2.38 bits per heavy atom. The first-order valence-electron chi connectivity index (χ1n) is 6.44. The van der Waals surface area contributed by atoms with Gasteiger partial charge in [0.2, 0.25) is 5.91 Å². The lowest BCUT2D eigenvalue weighted by atomic mass is 9.99. The lowest BCUT2D eigenvalue weighted by Crippen LogP contribution is -2.56. The van der Waals surface area contributed by atoms with Crippen LogP contribution in [0.15, 0.2) is 0 Å². The number of likely N-dealkylation sites (tertiary alicyclic amines) is 1. The molecule has 0 spiro atoms. The number of rotatable bonds is 2. The van der Waals surface area contributed by atoms with Crippen molar-refractivity contribution < 1.29 is 9.53 Å². The van der Waals surface area contributed by atoms with Crippen molar-refractivity contribution in [3.8, 4) is 0 Å². The smallest absolute Gasteiger partial charge is 0.242 e. The Morgan fingerprint density at radius 1 is 1.50 bits per heavy atom. The lowest BCUT2D eigenvalue weighted by Gasteiger charge is -2.38. The normalized spacial score (nSPS) is 31.4. The molecule has 16 heavy (non-hydrogen) atoms. The third-order valence-electron chi connectivity index (χ3n) is 3.60. The maximum Gasteiger partial charge on any atom is 0.242 e. The summed E-state index contributed by atoms with van der Waals surface area (Å²) in [5.74, 6) is 0.242. The molecule has 4 nitrogen and oxygen atoms in total. The lowest BCUT2D eigenvalue weighted by molar-refractivity contribution is -0.140. The number of hydrogen-bond donors (Lipinski definition) is 1. The Morgan fingerprint density at radius 3 is 3.06 bits per heavy atom. The van der Waals surface area contributed by atoms with Gasteiger partial charge in [0.25, 0.3) is 0 Å². The first-order valence-corrected chi connectivity index (χ1v) is 6.44. The number of morpholine rings is 1. The summed E-state index contributed by atoms with van der Waals surface area (Å²) < 4.78 is 5.35. The van der Waals surface area contributed by atoms with E-state index in [1.165, 1.54) is 6.42 Å². The van der Waals surface area contributed by atoms with Gasteiger partial charge >= 0.3 is 0 Å². The van der Waals surface area contributed by atoms with Crippen molar-refractivity contribution >= 4 is 5.91 Å². The topological polar surface area (TPSA) is 41.6 Å². The Labute approximate surface area is 97.3 Å². The molecule has 0 aromatic carbocycles. The van der Waals surface area contributed by atoms with E-state index in [1.807, 2.05) is 0 Å². The molecule has 2 unspecified atom stereocenters. The predicted octanol–water partition coefficient (Wildman–Crippen LogP) is 0.766. The molecule has 1 N–H and O–H groups in total. The van der Waals surface area contributed by atoms with Crippen molar-refractivity contribution in [2.24, 2.45) is 0 Å². The van der Waals surface area contributed by atoms with E-state index in [2.05, 4.69) is 17.1 Å². The van der Waals surface area contributed by atoms with Gasteiger partial charge < -0.3 is 15.0 Å². The van der Waals surface area contributed by atoms with Gasteiger partial charge in [-0.25, -0.2) is 0 Å². The highest BCUT2D eigenvalue weighted by Crippen LogP contribution is 2.20. The predicted molar refractivity (Wildman–Crippen MR) is 62.3 cm³/mol. The summed E-state index contributed by atoms with van der Waals surface area (Å²) in [6, 6.07) is 0.339. The number of carbonyl (C=O) groups is 1. The SMILES string of the molecule is CCC1CCCCN1C(=O)C1COCCN1.